The predicted molar refractivity (Wildman–Crippen MR) is 111 cm³/mol. The molecule has 2 aromatic rings. The van der Waals surface area contributed by atoms with E-state index in [1.807, 2.05) is 17.0 Å². The first-order valence-corrected chi connectivity index (χ1v) is 10.7. The van der Waals surface area contributed by atoms with Crippen LogP contribution >= 0.6 is 15.9 Å². The summed E-state index contributed by atoms with van der Waals surface area (Å²) in [7, 11) is -3.83. The van der Waals surface area contributed by atoms with Crippen molar-refractivity contribution in [2.45, 2.75) is 25.7 Å². The molecular formula is C19H20BrN3O3S. The first-order valence-electron chi connectivity index (χ1n) is 8.47. The first-order chi connectivity index (χ1) is 12.7. The molecule has 0 aliphatic carbocycles. The van der Waals surface area contributed by atoms with Gasteiger partial charge in [-0.25, -0.2) is 0 Å². The highest BCUT2D eigenvalue weighted by Crippen LogP contribution is 2.33. The van der Waals surface area contributed by atoms with Gasteiger partial charge in [-0.05, 0) is 55.3 Å². The second-order valence-corrected chi connectivity index (χ2v) is 9.25. The quantitative estimate of drug-likeness (QED) is 0.754. The van der Waals surface area contributed by atoms with Crippen LogP contribution in [0.2, 0.25) is 0 Å². The number of rotatable bonds is 4. The molecule has 0 spiro atoms. The van der Waals surface area contributed by atoms with Gasteiger partial charge in [0.2, 0.25) is 0 Å². The van der Waals surface area contributed by atoms with Gasteiger partial charge in [-0.3, -0.25) is 4.79 Å². The Morgan fingerprint density at radius 1 is 1.19 bits per heavy atom. The van der Waals surface area contributed by atoms with Crippen LogP contribution in [0.1, 0.15) is 31.1 Å². The lowest BCUT2D eigenvalue weighted by Gasteiger charge is -2.30. The van der Waals surface area contributed by atoms with E-state index >= 15 is 0 Å². The van der Waals surface area contributed by atoms with Gasteiger partial charge in [-0.15, -0.1) is 4.40 Å². The number of hydrogen-bond donors (Lipinski definition) is 1. The summed E-state index contributed by atoms with van der Waals surface area (Å²) >= 11 is 3.34. The van der Waals surface area contributed by atoms with Crippen molar-refractivity contribution in [3.05, 3.63) is 52.5 Å². The highest BCUT2D eigenvalue weighted by atomic mass is 79.9. The molecule has 1 heterocycles. The second-order valence-electron chi connectivity index (χ2n) is 6.76. The van der Waals surface area contributed by atoms with E-state index in [1.54, 1.807) is 31.2 Å². The van der Waals surface area contributed by atoms with Crippen LogP contribution in [-0.2, 0) is 10.0 Å². The van der Waals surface area contributed by atoms with Crippen molar-refractivity contribution < 1.29 is 13.2 Å². The van der Waals surface area contributed by atoms with Crippen molar-refractivity contribution in [2.75, 3.05) is 16.8 Å². The Morgan fingerprint density at radius 2 is 1.85 bits per heavy atom. The monoisotopic (exact) mass is 449 g/mol. The maximum atomic E-state index is 12.6. The van der Waals surface area contributed by atoms with Crippen LogP contribution in [0.5, 0.6) is 0 Å². The number of nitrogens with one attached hydrogen (secondary N) is 1. The second kappa shape index (κ2) is 7.44. The molecule has 0 atom stereocenters. The van der Waals surface area contributed by atoms with Gasteiger partial charge in [0.1, 0.15) is 10.7 Å². The molecule has 6 nitrogen and oxygen atoms in total. The molecule has 0 fully saturated rings. The van der Waals surface area contributed by atoms with E-state index < -0.39 is 10.0 Å². The Hall–Kier alpha value is -2.19. The summed E-state index contributed by atoms with van der Waals surface area (Å²) < 4.78 is 29.8. The van der Waals surface area contributed by atoms with E-state index in [4.69, 9.17) is 0 Å². The van der Waals surface area contributed by atoms with Gasteiger partial charge < -0.3 is 10.2 Å². The van der Waals surface area contributed by atoms with Crippen LogP contribution in [-0.4, -0.2) is 26.7 Å². The standard InChI is InChI=1S/C19H20BrN3O3S/c1-12(2)11-23-13(3)22-27(25,26)18-10-14(4-9-17(18)23)19(24)21-16-7-5-15(20)6-8-16/h4-10,12H,11H2,1-3H3,(H,21,24). The van der Waals surface area contributed by atoms with Crippen LogP contribution in [0, 0.1) is 5.92 Å². The minimum atomic E-state index is -3.83. The Labute approximate surface area is 167 Å². The fourth-order valence-corrected chi connectivity index (χ4v) is 4.39. The molecule has 8 heteroatoms. The minimum Gasteiger partial charge on any atom is -0.328 e. The van der Waals surface area contributed by atoms with E-state index in [0.717, 1.165) is 4.47 Å². The third kappa shape index (κ3) is 4.22. The number of halogens is 1. The molecule has 1 N–H and O–H groups in total. The van der Waals surface area contributed by atoms with E-state index in [-0.39, 0.29) is 16.4 Å². The molecular weight excluding hydrogens is 430 g/mol. The van der Waals surface area contributed by atoms with E-state index in [2.05, 4.69) is 39.5 Å². The van der Waals surface area contributed by atoms with Gasteiger partial charge in [0.25, 0.3) is 15.9 Å². The Bertz CT molecular complexity index is 1010. The molecule has 0 aromatic heterocycles. The lowest BCUT2D eigenvalue weighted by Crippen LogP contribution is -2.36. The molecule has 1 amide bonds. The molecule has 1 aliphatic heterocycles. The average molecular weight is 450 g/mol. The number of carbonyl (C=O) groups is 1. The number of sulfonamides is 1. The molecule has 0 bridgehead atoms. The number of amidine groups is 1. The van der Waals surface area contributed by atoms with Crippen LogP contribution in [0.4, 0.5) is 11.4 Å². The Morgan fingerprint density at radius 3 is 2.48 bits per heavy atom. The lowest BCUT2D eigenvalue weighted by atomic mass is 10.1. The van der Waals surface area contributed by atoms with Crippen LogP contribution in [0.15, 0.2) is 56.2 Å². The number of hydrogen-bond acceptors (Lipinski definition) is 4. The van der Waals surface area contributed by atoms with Gasteiger partial charge in [0, 0.05) is 22.3 Å². The van der Waals surface area contributed by atoms with E-state index in [0.29, 0.717) is 29.7 Å². The fourth-order valence-electron chi connectivity index (χ4n) is 2.86. The van der Waals surface area contributed by atoms with Gasteiger partial charge in [-0.1, -0.05) is 29.8 Å². The number of anilines is 2. The molecule has 0 radical (unpaired) electrons. The van der Waals surface area contributed by atoms with Crippen molar-refractivity contribution in [2.24, 2.45) is 10.3 Å². The van der Waals surface area contributed by atoms with Gasteiger partial charge in [0.15, 0.2) is 0 Å². The van der Waals surface area contributed by atoms with Crippen LogP contribution in [0.25, 0.3) is 0 Å². The Kier molecular flexibility index (Phi) is 5.39. The average Bonchev–Trinajstić information content (AvgIpc) is 2.59. The summed E-state index contributed by atoms with van der Waals surface area (Å²) in [5.41, 5.74) is 1.44. The zero-order chi connectivity index (χ0) is 19.8. The number of nitrogens with zero attached hydrogens (tertiary/aromatic N) is 2. The number of fused-ring (bicyclic) bond motifs is 1. The number of benzene rings is 2. The molecule has 3 rings (SSSR count). The van der Waals surface area contributed by atoms with Gasteiger partial charge in [-0.2, -0.15) is 8.42 Å². The van der Waals surface area contributed by atoms with Crippen molar-refractivity contribution >= 4 is 49.1 Å². The van der Waals surface area contributed by atoms with E-state index in [1.165, 1.54) is 6.07 Å². The fraction of sp³-hybridized carbons (Fsp3) is 0.263. The van der Waals surface area contributed by atoms with Gasteiger partial charge in [0.05, 0.1) is 5.69 Å². The normalized spacial score (nSPS) is 15.3. The molecule has 2 aromatic carbocycles. The summed E-state index contributed by atoms with van der Waals surface area (Å²) in [4.78, 5) is 14.5. The molecule has 142 valence electrons. The maximum absolute atomic E-state index is 12.6. The third-order valence-electron chi connectivity index (χ3n) is 4.08. The molecule has 0 saturated heterocycles. The van der Waals surface area contributed by atoms with Crippen LogP contribution in [0.3, 0.4) is 0 Å². The molecule has 0 saturated carbocycles. The highest BCUT2D eigenvalue weighted by Gasteiger charge is 2.30. The summed E-state index contributed by atoms with van der Waals surface area (Å²) in [5.74, 6) is 0.379. The summed E-state index contributed by atoms with van der Waals surface area (Å²) in [6.07, 6.45) is 0. The zero-order valence-electron chi connectivity index (χ0n) is 15.2. The van der Waals surface area contributed by atoms with Crippen LogP contribution < -0.4 is 10.2 Å². The topological polar surface area (TPSA) is 78.8 Å². The molecule has 0 unspecified atom stereocenters. The third-order valence-corrected chi connectivity index (χ3v) is 6.00. The Balaban J connectivity index is 1.96. The first kappa shape index (κ1) is 19.6. The predicted octanol–water partition coefficient (Wildman–Crippen LogP) is 4.28. The zero-order valence-corrected chi connectivity index (χ0v) is 17.6. The SMILES string of the molecule is CC1=NS(=O)(=O)c2cc(C(=O)Nc3ccc(Br)cc3)ccc2N1CC(C)C. The summed E-state index contributed by atoms with van der Waals surface area (Å²) in [6, 6.07) is 11.8. The van der Waals surface area contributed by atoms with Gasteiger partial charge >= 0.3 is 0 Å². The minimum absolute atomic E-state index is 0.0530. The molecule has 1 aliphatic rings. The summed E-state index contributed by atoms with van der Waals surface area (Å²) in [6.45, 7) is 6.42. The van der Waals surface area contributed by atoms with Crippen molar-refractivity contribution in [3.63, 3.8) is 0 Å². The van der Waals surface area contributed by atoms with E-state index in [9.17, 15) is 13.2 Å². The number of carbonyl (C=O) groups excluding carboxylic acids is 1. The van der Waals surface area contributed by atoms with Crippen molar-refractivity contribution in [1.29, 1.82) is 0 Å². The van der Waals surface area contributed by atoms with Crippen molar-refractivity contribution in [3.8, 4) is 0 Å². The lowest BCUT2D eigenvalue weighted by molar-refractivity contribution is 0.102. The smallest absolute Gasteiger partial charge is 0.286 e. The highest BCUT2D eigenvalue weighted by molar-refractivity contribution is 9.10. The summed E-state index contributed by atoms with van der Waals surface area (Å²) in [5, 5.41) is 2.77. The number of amides is 1. The van der Waals surface area contributed by atoms with Crippen molar-refractivity contribution in [1.82, 2.24) is 0 Å². The maximum Gasteiger partial charge on any atom is 0.286 e. The largest absolute Gasteiger partial charge is 0.328 e. The molecule has 27 heavy (non-hydrogen) atoms.